The molecule has 0 saturated heterocycles. The largest absolute Gasteiger partial charge is 0.322 e. The summed E-state index contributed by atoms with van der Waals surface area (Å²) < 4.78 is 1.72. The van der Waals surface area contributed by atoms with E-state index in [4.69, 9.17) is 0 Å². The number of hydrogen-bond acceptors (Lipinski definition) is 3. The number of para-hydroxylation sites is 3. The summed E-state index contributed by atoms with van der Waals surface area (Å²) >= 11 is 0. The number of fused-ring (bicyclic) bond motifs is 2. The Morgan fingerprint density at radius 3 is 2.56 bits per heavy atom. The monoisotopic (exact) mass is 235 g/mol. The molecule has 0 aliphatic carbocycles. The molecule has 0 fully saturated rings. The fourth-order valence-electron chi connectivity index (χ4n) is 2.07. The van der Waals surface area contributed by atoms with Crippen molar-refractivity contribution in [2.75, 3.05) is 0 Å². The molecule has 5 heteroatoms. The lowest BCUT2D eigenvalue weighted by Crippen LogP contribution is -1.98. The minimum Gasteiger partial charge on any atom is -0.322 e. The summed E-state index contributed by atoms with van der Waals surface area (Å²) in [6.07, 6.45) is 0. The van der Waals surface area contributed by atoms with Crippen molar-refractivity contribution in [3.8, 4) is 5.95 Å². The Balaban J connectivity index is 2.01. The van der Waals surface area contributed by atoms with Gasteiger partial charge in [-0.25, -0.2) is 4.98 Å². The molecule has 2 aromatic carbocycles. The summed E-state index contributed by atoms with van der Waals surface area (Å²) in [5, 5.41) is 8.25. The van der Waals surface area contributed by atoms with Crippen LogP contribution in [0, 0.1) is 0 Å². The molecule has 4 rings (SSSR count). The van der Waals surface area contributed by atoms with Crippen molar-refractivity contribution < 1.29 is 0 Å². The maximum absolute atomic E-state index is 4.51. The number of aromatic nitrogens is 5. The van der Waals surface area contributed by atoms with Gasteiger partial charge in [0.2, 0.25) is 5.95 Å². The molecular formula is C13H9N5. The Labute approximate surface area is 102 Å². The molecule has 0 aliphatic rings. The fraction of sp³-hybridized carbons (Fsp3) is 0. The van der Waals surface area contributed by atoms with Crippen LogP contribution in [-0.2, 0) is 0 Å². The Morgan fingerprint density at radius 1 is 0.889 bits per heavy atom. The van der Waals surface area contributed by atoms with Crippen LogP contribution in [0.4, 0.5) is 0 Å². The Morgan fingerprint density at radius 2 is 1.67 bits per heavy atom. The molecule has 0 bridgehead atoms. The Bertz CT molecular complexity index is 809. The van der Waals surface area contributed by atoms with Gasteiger partial charge in [0.1, 0.15) is 5.52 Å². The predicted octanol–water partition coefficient (Wildman–Crippen LogP) is 2.30. The third kappa shape index (κ3) is 1.24. The number of nitrogens with one attached hydrogen (secondary N) is 1. The van der Waals surface area contributed by atoms with Crippen LogP contribution in [0.1, 0.15) is 0 Å². The van der Waals surface area contributed by atoms with Crippen LogP contribution in [0.3, 0.4) is 0 Å². The molecule has 0 saturated carbocycles. The predicted molar refractivity (Wildman–Crippen MR) is 68.5 cm³/mol. The molecule has 0 atom stereocenters. The smallest absolute Gasteiger partial charge is 0.231 e. The van der Waals surface area contributed by atoms with Crippen molar-refractivity contribution in [3.05, 3.63) is 48.5 Å². The van der Waals surface area contributed by atoms with Crippen LogP contribution >= 0.6 is 0 Å². The molecule has 4 aromatic rings. The number of nitrogens with zero attached hydrogens (tertiary/aromatic N) is 4. The van der Waals surface area contributed by atoms with Gasteiger partial charge in [-0.3, -0.25) is 0 Å². The zero-order chi connectivity index (χ0) is 11.9. The first kappa shape index (κ1) is 9.35. The van der Waals surface area contributed by atoms with E-state index in [0.29, 0.717) is 5.95 Å². The van der Waals surface area contributed by atoms with Crippen molar-refractivity contribution in [2.24, 2.45) is 0 Å². The van der Waals surface area contributed by atoms with Crippen LogP contribution in [0.15, 0.2) is 48.5 Å². The standard InChI is InChI=1S/C13H9N5/c1-2-6-10-9(5-1)14-13(15-10)18-12-8-4-3-7-11(12)16-17-18/h1-8H,(H,14,15). The zero-order valence-electron chi connectivity index (χ0n) is 9.41. The summed E-state index contributed by atoms with van der Waals surface area (Å²) in [6.45, 7) is 0. The van der Waals surface area contributed by atoms with Gasteiger partial charge in [0.05, 0.1) is 16.6 Å². The molecule has 0 unspecified atom stereocenters. The van der Waals surface area contributed by atoms with E-state index in [1.54, 1.807) is 4.68 Å². The maximum atomic E-state index is 4.51. The molecule has 1 N–H and O–H groups in total. The van der Waals surface area contributed by atoms with Gasteiger partial charge in [-0.2, -0.15) is 4.68 Å². The second-order valence-corrected chi connectivity index (χ2v) is 4.07. The summed E-state index contributed by atoms with van der Waals surface area (Å²) in [4.78, 5) is 7.75. The highest BCUT2D eigenvalue weighted by Gasteiger charge is 2.09. The van der Waals surface area contributed by atoms with Crippen molar-refractivity contribution >= 4 is 22.1 Å². The first-order chi connectivity index (χ1) is 8.92. The van der Waals surface area contributed by atoms with E-state index in [-0.39, 0.29) is 0 Å². The molecule has 0 radical (unpaired) electrons. The quantitative estimate of drug-likeness (QED) is 0.550. The number of imidazole rings is 1. The number of rotatable bonds is 1. The van der Waals surface area contributed by atoms with E-state index in [2.05, 4.69) is 20.3 Å². The summed E-state index contributed by atoms with van der Waals surface area (Å²) in [5.74, 6) is 0.685. The fourth-order valence-corrected chi connectivity index (χ4v) is 2.07. The highest BCUT2D eigenvalue weighted by atomic mass is 15.5. The van der Waals surface area contributed by atoms with E-state index in [0.717, 1.165) is 22.1 Å². The van der Waals surface area contributed by atoms with Gasteiger partial charge < -0.3 is 4.98 Å². The lowest BCUT2D eigenvalue weighted by Gasteiger charge is -1.95. The van der Waals surface area contributed by atoms with E-state index in [1.807, 2.05) is 48.5 Å². The average molecular weight is 235 g/mol. The molecule has 2 heterocycles. The minimum absolute atomic E-state index is 0.685. The van der Waals surface area contributed by atoms with Gasteiger partial charge in [0, 0.05) is 0 Å². The van der Waals surface area contributed by atoms with Crippen LogP contribution in [0.25, 0.3) is 28.0 Å². The van der Waals surface area contributed by atoms with Crippen molar-refractivity contribution in [1.29, 1.82) is 0 Å². The number of aromatic amines is 1. The maximum Gasteiger partial charge on any atom is 0.231 e. The normalized spacial score (nSPS) is 11.3. The van der Waals surface area contributed by atoms with Gasteiger partial charge in [-0.15, -0.1) is 5.10 Å². The molecule has 0 aliphatic heterocycles. The Kier molecular flexibility index (Phi) is 1.77. The van der Waals surface area contributed by atoms with Gasteiger partial charge >= 0.3 is 0 Å². The van der Waals surface area contributed by atoms with Crippen molar-refractivity contribution in [2.45, 2.75) is 0 Å². The van der Waals surface area contributed by atoms with Crippen LogP contribution < -0.4 is 0 Å². The lowest BCUT2D eigenvalue weighted by atomic mass is 10.3. The van der Waals surface area contributed by atoms with Crippen molar-refractivity contribution in [3.63, 3.8) is 0 Å². The van der Waals surface area contributed by atoms with E-state index in [1.165, 1.54) is 0 Å². The van der Waals surface area contributed by atoms with Crippen LogP contribution in [0.2, 0.25) is 0 Å². The zero-order valence-corrected chi connectivity index (χ0v) is 9.41. The second kappa shape index (κ2) is 3.40. The highest BCUT2D eigenvalue weighted by molar-refractivity contribution is 5.78. The van der Waals surface area contributed by atoms with Crippen molar-refractivity contribution in [1.82, 2.24) is 25.0 Å². The first-order valence-corrected chi connectivity index (χ1v) is 5.67. The summed E-state index contributed by atoms with van der Waals surface area (Å²) in [5.41, 5.74) is 3.72. The second-order valence-electron chi connectivity index (χ2n) is 4.07. The summed E-state index contributed by atoms with van der Waals surface area (Å²) in [7, 11) is 0. The van der Waals surface area contributed by atoms with Gasteiger partial charge in [-0.05, 0) is 24.3 Å². The highest BCUT2D eigenvalue weighted by Crippen LogP contribution is 2.17. The minimum atomic E-state index is 0.685. The van der Waals surface area contributed by atoms with E-state index >= 15 is 0 Å². The molecule has 5 nitrogen and oxygen atoms in total. The molecule has 0 amide bonds. The van der Waals surface area contributed by atoms with Gasteiger partial charge in [-0.1, -0.05) is 29.5 Å². The van der Waals surface area contributed by atoms with E-state index < -0.39 is 0 Å². The molecule has 86 valence electrons. The topological polar surface area (TPSA) is 59.4 Å². The molecule has 18 heavy (non-hydrogen) atoms. The summed E-state index contributed by atoms with van der Waals surface area (Å²) in [6, 6.07) is 15.7. The van der Waals surface area contributed by atoms with Crippen LogP contribution in [-0.4, -0.2) is 25.0 Å². The van der Waals surface area contributed by atoms with Crippen LogP contribution in [0.5, 0.6) is 0 Å². The SMILES string of the molecule is c1ccc2[nH]c(-n3nnc4ccccc43)nc2c1. The average Bonchev–Trinajstić information content (AvgIpc) is 3.02. The lowest BCUT2D eigenvalue weighted by molar-refractivity contribution is 0.788. The molecule has 0 spiro atoms. The Hall–Kier alpha value is -2.69. The molecular weight excluding hydrogens is 226 g/mol. The number of H-pyrrole nitrogens is 1. The van der Waals surface area contributed by atoms with Gasteiger partial charge in [0.15, 0.2) is 0 Å². The number of hydrogen-bond donors (Lipinski definition) is 1. The van der Waals surface area contributed by atoms with E-state index in [9.17, 15) is 0 Å². The molecule has 2 aromatic heterocycles. The third-order valence-electron chi connectivity index (χ3n) is 2.93. The first-order valence-electron chi connectivity index (χ1n) is 5.67. The van der Waals surface area contributed by atoms with Gasteiger partial charge in [0.25, 0.3) is 0 Å². The third-order valence-corrected chi connectivity index (χ3v) is 2.93. The number of benzene rings is 2.